The second kappa shape index (κ2) is 10.5. The Balaban J connectivity index is 1.95. The number of benzene rings is 3. The van der Waals surface area contributed by atoms with E-state index in [0.717, 1.165) is 27.1 Å². The zero-order valence-electron chi connectivity index (χ0n) is 20.5. The fourth-order valence-electron chi connectivity index (χ4n) is 4.59. The molecule has 1 N–H and O–H groups in total. The zero-order chi connectivity index (χ0) is 25.1. The van der Waals surface area contributed by atoms with E-state index in [4.69, 9.17) is 18.1 Å². The van der Waals surface area contributed by atoms with Crippen LogP contribution in [-0.4, -0.2) is 37.2 Å². The van der Waals surface area contributed by atoms with Crippen molar-refractivity contribution >= 4 is 42.4 Å². The summed E-state index contributed by atoms with van der Waals surface area (Å²) >= 11 is 0. The third kappa shape index (κ3) is 4.37. The first kappa shape index (κ1) is 26.0. The van der Waals surface area contributed by atoms with E-state index < -0.39 is 20.2 Å². The summed E-state index contributed by atoms with van der Waals surface area (Å²) in [6.07, 6.45) is -0.0282. The maximum absolute atomic E-state index is 14.3. The van der Waals surface area contributed by atoms with E-state index >= 15 is 0 Å². The lowest BCUT2D eigenvalue weighted by molar-refractivity contribution is 0.172. The minimum absolute atomic E-state index is 0.0282. The van der Waals surface area contributed by atoms with Gasteiger partial charge in [0.15, 0.2) is 0 Å². The molecule has 0 fully saturated rings. The van der Waals surface area contributed by atoms with E-state index in [0.29, 0.717) is 5.71 Å². The molecule has 1 aliphatic rings. The van der Waals surface area contributed by atoms with Crippen molar-refractivity contribution in [2.75, 3.05) is 26.4 Å². The van der Waals surface area contributed by atoms with E-state index in [1.165, 1.54) is 0 Å². The van der Waals surface area contributed by atoms with E-state index in [2.05, 4.69) is 16.6 Å². The Bertz CT molecular complexity index is 1240. The molecule has 1 aliphatic heterocycles. The Hall–Kier alpha value is -2.05. The van der Waals surface area contributed by atoms with Gasteiger partial charge in [-0.1, -0.05) is 48.5 Å². The summed E-state index contributed by atoms with van der Waals surface area (Å²) in [5.41, 5.74) is 4.38. The molecule has 0 saturated heterocycles. The van der Waals surface area contributed by atoms with Gasteiger partial charge in [0.2, 0.25) is 0 Å². The molecular formula is C25H32N2O6P2. The van der Waals surface area contributed by atoms with Crippen molar-refractivity contribution in [3.63, 3.8) is 0 Å². The monoisotopic (exact) mass is 518 g/mol. The Morgan fingerprint density at radius 1 is 0.771 bits per heavy atom. The molecule has 3 aromatic rings. The van der Waals surface area contributed by atoms with Gasteiger partial charge in [-0.05, 0) is 55.3 Å². The predicted molar refractivity (Wildman–Crippen MR) is 140 cm³/mol. The number of nitrogens with zero attached hydrogens (tertiary/aromatic N) is 1. The number of fused-ring (bicyclic) bond motifs is 2. The van der Waals surface area contributed by atoms with Crippen LogP contribution in [0.5, 0.6) is 0 Å². The highest BCUT2D eigenvalue weighted by molar-refractivity contribution is 7.74. The summed E-state index contributed by atoms with van der Waals surface area (Å²) in [6, 6.07) is 18.1. The van der Waals surface area contributed by atoms with Gasteiger partial charge < -0.3 is 18.1 Å². The van der Waals surface area contributed by atoms with Gasteiger partial charge in [0.1, 0.15) is 0 Å². The molecule has 0 aliphatic carbocycles. The van der Waals surface area contributed by atoms with E-state index in [1.54, 1.807) is 27.7 Å². The van der Waals surface area contributed by atoms with E-state index in [9.17, 15) is 9.13 Å². The molecule has 0 aromatic heterocycles. The second-order valence-corrected chi connectivity index (χ2v) is 12.9. The average molecular weight is 518 g/mol. The van der Waals surface area contributed by atoms with Crippen molar-refractivity contribution in [3.8, 4) is 0 Å². The Kier molecular flexibility index (Phi) is 7.82. The van der Waals surface area contributed by atoms with Crippen LogP contribution in [0.2, 0.25) is 0 Å². The van der Waals surface area contributed by atoms with Crippen LogP contribution >= 0.6 is 15.2 Å². The van der Waals surface area contributed by atoms with Crippen LogP contribution in [0, 0.1) is 0 Å². The lowest BCUT2D eigenvalue weighted by atomic mass is 9.93. The Labute approximate surface area is 206 Å². The number of nitrogens with one attached hydrogen (secondary N) is 1. The van der Waals surface area contributed by atoms with Crippen molar-refractivity contribution in [2.24, 2.45) is 5.10 Å². The van der Waals surface area contributed by atoms with Crippen LogP contribution in [0.3, 0.4) is 0 Å². The fraction of sp³-hybridized carbons (Fsp3) is 0.400. The van der Waals surface area contributed by atoms with Gasteiger partial charge in [-0.3, -0.25) is 14.6 Å². The lowest BCUT2D eigenvalue weighted by Crippen LogP contribution is -2.41. The zero-order valence-corrected chi connectivity index (χ0v) is 22.3. The van der Waals surface area contributed by atoms with Crippen LogP contribution in [0.4, 0.5) is 0 Å². The van der Waals surface area contributed by atoms with Crippen LogP contribution in [0.15, 0.2) is 59.7 Å². The van der Waals surface area contributed by atoms with Crippen LogP contribution in [0.25, 0.3) is 21.5 Å². The van der Waals surface area contributed by atoms with E-state index in [1.807, 2.05) is 48.5 Å². The molecule has 0 saturated carbocycles. The molecule has 0 spiro atoms. The molecule has 0 radical (unpaired) electrons. The SMILES string of the molecule is CCOP(=O)(OCC)C1(P(=O)(OCC)OCC)CC(c2c3ccccc3cc3ccccc23)=NN1. The fourth-order valence-corrected chi connectivity index (χ4v) is 9.87. The van der Waals surface area contributed by atoms with Gasteiger partial charge in [0, 0.05) is 12.0 Å². The van der Waals surface area contributed by atoms with Crippen LogP contribution in [-0.2, 0) is 27.2 Å². The number of hydrogen-bond acceptors (Lipinski definition) is 8. The normalized spacial score (nSPS) is 15.9. The molecule has 8 nitrogen and oxygen atoms in total. The van der Waals surface area contributed by atoms with Crippen molar-refractivity contribution in [3.05, 3.63) is 60.2 Å². The topological polar surface area (TPSA) is 95.5 Å². The summed E-state index contributed by atoms with van der Waals surface area (Å²) < 4.78 is 51.5. The third-order valence-electron chi connectivity index (χ3n) is 5.95. The smallest absolute Gasteiger partial charge is 0.307 e. The largest absolute Gasteiger partial charge is 0.370 e. The molecule has 4 rings (SSSR count). The number of hydrogen-bond donors (Lipinski definition) is 1. The first-order chi connectivity index (χ1) is 16.9. The molecule has 35 heavy (non-hydrogen) atoms. The first-order valence-corrected chi connectivity index (χ1v) is 15.0. The molecule has 10 heteroatoms. The van der Waals surface area contributed by atoms with Crippen molar-refractivity contribution in [1.29, 1.82) is 0 Å². The standard InChI is InChI=1S/C25H32N2O6P2/c1-5-30-34(28,31-6-2)25(35(29,32-7-3)33-8-4)18-23(26-27-25)24-21-15-11-9-13-19(21)17-20-14-10-12-16-22(20)24/h9-17,27H,5-8,18H2,1-4H3. The van der Waals surface area contributed by atoms with Crippen molar-refractivity contribution in [2.45, 2.75) is 39.1 Å². The summed E-state index contributed by atoms with van der Waals surface area (Å²) in [4.78, 5) is 0. The molecule has 0 unspecified atom stereocenters. The average Bonchev–Trinajstić information content (AvgIpc) is 3.31. The molecule has 0 amide bonds. The Morgan fingerprint density at radius 3 is 1.63 bits per heavy atom. The third-order valence-corrected chi connectivity index (χ3v) is 12.1. The van der Waals surface area contributed by atoms with Gasteiger partial charge in [-0.2, -0.15) is 5.10 Å². The molecule has 3 aromatic carbocycles. The highest BCUT2D eigenvalue weighted by Gasteiger charge is 2.68. The summed E-state index contributed by atoms with van der Waals surface area (Å²) in [5.74, 6) is 0. The first-order valence-electron chi connectivity index (χ1n) is 11.9. The van der Waals surface area contributed by atoms with Crippen molar-refractivity contribution in [1.82, 2.24) is 5.43 Å². The Morgan fingerprint density at radius 2 is 1.20 bits per heavy atom. The minimum atomic E-state index is -4.10. The molecule has 188 valence electrons. The highest BCUT2D eigenvalue weighted by Crippen LogP contribution is 2.78. The van der Waals surface area contributed by atoms with Crippen LogP contribution in [0.1, 0.15) is 39.7 Å². The number of rotatable bonds is 11. The quantitative estimate of drug-likeness (QED) is 0.218. The summed E-state index contributed by atoms with van der Waals surface area (Å²) in [6.45, 7) is 7.19. The lowest BCUT2D eigenvalue weighted by Gasteiger charge is -2.39. The second-order valence-electron chi connectivity index (χ2n) is 8.02. The molecule has 0 bridgehead atoms. The highest BCUT2D eigenvalue weighted by atomic mass is 31.2. The van der Waals surface area contributed by atoms with Gasteiger partial charge in [0.25, 0.3) is 5.02 Å². The predicted octanol–water partition coefficient (Wildman–Crippen LogP) is 6.88. The summed E-state index contributed by atoms with van der Waals surface area (Å²) in [7, 11) is -8.19. The maximum atomic E-state index is 14.3. The van der Waals surface area contributed by atoms with Gasteiger partial charge >= 0.3 is 15.2 Å². The molecule has 1 heterocycles. The molecule has 0 atom stereocenters. The molecular weight excluding hydrogens is 486 g/mol. The van der Waals surface area contributed by atoms with E-state index in [-0.39, 0.29) is 32.8 Å². The minimum Gasteiger partial charge on any atom is -0.307 e. The van der Waals surface area contributed by atoms with Gasteiger partial charge in [-0.25, -0.2) is 0 Å². The van der Waals surface area contributed by atoms with Crippen molar-refractivity contribution < 1.29 is 27.2 Å². The van der Waals surface area contributed by atoms with Gasteiger partial charge in [0.05, 0.1) is 32.1 Å². The van der Waals surface area contributed by atoms with Crippen LogP contribution < -0.4 is 5.43 Å². The maximum Gasteiger partial charge on any atom is 0.370 e. The summed E-state index contributed by atoms with van der Waals surface area (Å²) in [5, 5.41) is 6.83. The number of hydrazone groups is 1. The van der Waals surface area contributed by atoms with Gasteiger partial charge in [-0.15, -0.1) is 0 Å².